The number of para-hydroxylation sites is 1. The Hall–Kier alpha value is -1.88. The molecular formula is C16H9Cl2N3S. The molecule has 0 spiro atoms. The molecular weight excluding hydrogens is 337 g/mol. The van der Waals surface area contributed by atoms with Crippen LogP contribution in [0.2, 0.25) is 10.0 Å². The average molecular weight is 346 g/mol. The predicted octanol–water partition coefficient (Wildman–Crippen LogP) is 5.46. The summed E-state index contributed by atoms with van der Waals surface area (Å²) < 4.78 is 1.98. The van der Waals surface area contributed by atoms with Crippen molar-refractivity contribution in [3.63, 3.8) is 0 Å². The molecule has 108 valence electrons. The van der Waals surface area contributed by atoms with Gasteiger partial charge in [-0.1, -0.05) is 41.4 Å². The Kier molecular flexibility index (Phi) is 3.37. The molecule has 0 radical (unpaired) electrons. The maximum Gasteiger partial charge on any atom is 0.195 e. The van der Waals surface area contributed by atoms with E-state index in [4.69, 9.17) is 23.2 Å². The lowest BCUT2D eigenvalue weighted by Gasteiger charge is -2.06. The number of nitrogens with zero attached hydrogens (tertiary/aromatic N) is 3. The average Bonchev–Trinajstić information content (AvgIpc) is 3.16. The first kappa shape index (κ1) is 13.8. The van der Waals surface area contributed by atoms with Crippen LogP contribution in [0.15, 0.2) is 54.3 Å². The van der Waals surface area contributed by atoms with Crippen molar-refractivity contribution in [1.29, 1.82) is 0 Å². The first-order valence-corrected chi connectivity index (χ1v) is 8.19. The molecule has 0 saturated heterocycles. The van der Waals surface area contributed by atoms with Crippen LogP contribution >= 0.6 is 34.5 Å². The van der Waals surface area contributed by atoms with Gasteiger partial charge in [-0.3, -0.25) is 4.57 Å². The maximum atomic E-state index is 6.34. The highest BCUT2D eigenvalue weighted by atomic mass is 35.5. The Bertz CT molecular complexity index is 961. The standard InChI is InChI=1S/C16H9Cl2N3S/c17-10-4-5-11(13(18)8-10)12-2-1-3-14-15(12)20-9-21(14)16-19-6-7-22-16/h1-9H. The van der Waals surface area contributed by atoms with E-state index in [-0.39, 0.29) is 0 Å². The monoisotopic (exact) mass is 345 g/mol. The van der Waals surface area contributed by atoms with E-state index in [1.807, 2.05) is 40.3 Å². The number of halogens is 2. The lowest BCUT2D eigenvalue weighted by atomic mass is 10.0. The minimum absolute atomic E-state index is 0.615. The van der Waals surface area contributed by atoms with Gasteiger partial charge < -0.3 is 0 Å². The SMILES string of the molecule is Clc1ccc(-c2cccc3c2ncn3-c2nccs2)c(Cl)c1. The fraction of sp³-hybridized carbons (Fsp3) is 0. The number of aromatic nitrogens is 3. The fourth-order valence-electron chi connectivity index (χ4n) is 2.45. The molecule has 0 fully saturated rings. The van der Waals surface area contributed by atoms with Crippen molar-refractivity contribution in [1.82, 2.24) is 14.5 Å². The molecule has 2 heterocycles. The van der Waals surface area contributed by atoms with Gasteiger partial charge in [0.15, 0.2) is 5.13 Å². The Balaban J connectivity index is 1.96. The van der Waals surface area contributed by atoms with Crippen LogP contribution in [0.5, 0.6) is 0 Å². The van der Waals surface area contributed by atoms with Crippen LogP contribution in [0.4, 0.5) is 0 Å². The van der Waals surface area contributed by atoms with E-state index in [2.05, 4.69) is 9.97 Å². The largest absolute Gasteiger partial charge is 0.274 e. The smallest absolute Gasteiger partial charge is 0.195 e. The minimum Gasteiger partial charge on any atom is -0.274 e. The second-order valence-electron chi connectivity index (χ2n) is 4.73. The van der Waals surface area contributed by atoms with E-state index < -0.39 is 0 Å². The summed E-state index contributed by atoms with van der Waals surface area (Å²) in [5, 5.41) is 4.07. The molecule has 4 rings (SSSR count). The molecule has 3 nitrogen and oxygen atoms in total. The van der Waals surface area contributed by atoms with Crippen molar-refractivity contribution in [3.05, 3.63) is 64.3 Å². The molecule has 0 aliphatic heterocycles. The fourth-order valence-corrected chi connectivity index (χ4v) is 3.59. The second-order valence-corrected chi connectivity index (χ2v) is 6.44. The van der Waals surface area contributed by atoms with Gasteiger partial charge in [-0.25, -0.2) is 9.97 Å². The molecule has 0 bridgehead atoms. The number of imidazole rings is 1. The van der Waals surface area contributed by atoms with Gasteiger partial charge >= 0.3 is 0 Å². The highest BCUT2D eigenvalue weighted by molar-refractivity contribution is 7.12. The van der Waals surface area contributed by atoms with Crippen LogP contribution in [0.25, 0.3) is 27.3 Å². The number of rotatable bonds is 2. The van der Waals surface area contributed by atoms with E-state index >= 15 is 0 Å². The molecule has 6 heteroatoms. The Morgan fingerprint density at radius 3 is 2.68 bits per heavy atom. The summed E-state index contributed by atoms with van der Waals surface area (Å²) in [4.78, 5) is 8.89. The van der Waals surface area contributed by atoms with Crippen molar-refractivity contribution >= 4 is 45.6 Å². The van der Waals surface area contributed by atoms with Crippen molar-refractivity contribution < 1.29 is 0 Å². The summed E-state index contributed by atoms with van der Waals surface area (Å²) in [5.74, 6) is 0. The summed E-state index contributed by atoms with van der Waals surface area (Å²) in [5.41, 5.74) is 3.79. The molecule has 0 aliphatic rings. The van der Waals surface area contributed by atoms with Crippen LogP contribution in [0, 0.1) is 0 Å². The molecule has 0 unspecified atom stereocenters. The van der Waals surface area contributed by atoms with Crippen LogP contribution in [0.3, 0.4) is 0 Å². The Morgan fingerprint density at radius 2 is 1.91 bits per heavy atom. The van der Waals surface area contributed by atoms with Crippen molar-refractivity contribution in [2.45, 2.75) is 0 Å². The van der Waals surface area contributed by atoms with E-state index in [0.29, 0.717) is 10.0 Å². The minimum atomic E-state index is 0.615. The number of benzene rings is 2. The molecule has 22 heavy (non-hydrogen) atoms. The third-order valence-corrected chi connectivity index (χ3v) is 4.74. The van der Waals surface area contributed by atoms with Crippen LogP contribution in [-0.2, 0) is 0 Å². The van der Waals surface area contributed by atoms with Crippen molar-refractivity contribution in [2.75, 3.05) is 0 Å². The van der Waals surface area contributed by atoms with Gasteiger partial charge in [0.05, 0.1) is 11.0 Å². The summed E-state index contributed by atoms with van der Waals surface area (Å²) in [6.07, 6.45) is 3.57. The van der Waals surface area contributed by atoms with E-state index in [1.165, 1.54) is 0 Å². The summed E-state index contributed by atoms with van der Waals surface area (Å²) in [7, 11) is 0. The summed E-state index contributed by atoms with van der Waals surface area (Å²) in [6.45, 7) is 0. The number of hydrogen-bond acceptors (Lipinski definition) is 3. The van der Waals surface area contributed by atoms with Gasteiger partial charge in [0, 0.05) is 32.7 Å². The predicted molar refractivity (Wildman–Crippen MR) is 92.2 cm³/mol. The molecule has 2 aromatic carbocycles. The zero-order valence-electron chi connectivity index (χ0n) is 11.2. The first-order valence-electron chi connectivity index (χ1n) is 6.55. The normalized spacial score (nSPS) is 11.2. The third-order valence-electron chi connectivity index (χ3n) is 3.42. The topological polar surface area (TPSA) is 30.7 Å². The maximum absolute atomic E-state index is 6.34. The highest BCUT2D eigenvalue weighted by Crippen LogP contribution is 2.35. The molecule has 0 atom stereocenters. The molecule has 0 N–H and O–H groups in total. The quantitative estimate of drug-likeness (QED) is 0.483. The van der Waals surface area contributed by atoms with Crippen molar-refractivity contribution in [3.8, 4) is 16.3 Å². The highest BCUT2D eigenvalue weighted by Gasteiger charge is 2.13. The van der Waals surface area contributed by atoms with Gasteiger partial charge in [-0.05, 0) is 18.2 Å². The third kappa shape index (κ3) is 2.20. The van der Waals surface area contributed by atoms with E-state index in [0.717, 1.165) is 27.3 Å². The first-order chi connectivity index (χ1) is 10.7. The van der Waals surface area contributed by atoms with Crippen molar-refractivity contribution in [2.24, 2.45) is 0 Å². The van der Waals surface area contributed by atoms with E-state index in [9.17, 15) is 0 Å². The van der Waals surface area contributed by atoms with Gasteiger partial charge in [-0.2, -0.15) is 0 Å². The van der Waals surface area contributed by atoms with Gasteiger partial charge in [0.25, 0.3) is 0 Å². The number of hydrogen-bond donors (Lipinski definition) is 0. The zero-order chi connectivity index (χ0) is 15.1. The lowest BCUT2D eigenvalue weighted by Crippen LogP contribution is -1.90. The summed E-state index contributed by atoms with van der Waals surface area (Å²) >= 11 is 13.9. The Morgan fingerprint density at radius 1 is 1.00 bits per heavy atom. The summed E-state index contributed by atoms with van der Waals surface area (Å²) in [6, 6.07) is 11.5. The van der Waals surface area contributed by atoms with Crippen LogP contribution in [0.1, 0.15) is 0 Å². The zero-order valence-corrected chi connectivity index (χ0v) is 13.5. The Labute approximate surface area is 140 Å². The molecule has 2 aromatic heterocycles. The molecule has 0 amide bonds. The van der Waals surface area contributed by atoms with Gasteiger partial charge in [0.1, 0.15) is 6.33 Å². The number of thiazole rings is 1. The van der Waals surface area contributed by atoms with Gasteiger partial charge in [0.2, 0.25) is 0 Å². The van der Waals surface area contributed by atoms with Gasteiger partial charge in [-0.15, -0.1) is 11.3 Å². The molecule has 0 aliphatic carbocycles. The molecule has 0 saturated carbocycles. The van der Waals surface area contributed by atoms with Crippen LogP contribution in [-0.4, -0.2) is 14.5 Å². The van der Waals surface area contributed by atoms with E-state index in [1.54, 1.807) is 29.9 Å². The lowest BCUT2D eigenvalue weighted by molar-refractivity contribution is 1.06. The van der Waals surface area contributed by atoms with Crippen LogP contribution < -0.4 is 0 Å². The second kappa shape index (κ2) is 5.39. The number of fused-ring (bicyclic) bond motifs is 1. The molecule has 4 aromatic rings.